The Hall–Kier alpha value is -2.67. The molecule has 0 spiro atoms. The van der Waals surface area contributed by atoms with E-state index in [1.54, 1.807) is 12.4 Å². The number of nitrogens with one attached hydrogen (secondary N) is 1. The van der Waals surface area contributed by atoms with E-state index in [4.69, 9.17) is 0 Å². The minimum atomic E-state index is -0.0375. The summed E-state index contributed by atoms with van der Waals surface area (Å²) in [7, 11) is 0. The lowest BCUT2D eigenvalue weighted by Crippen LogP contribution is -2.15. The number of anilines is 1. The smallest absolute Gasteiger partial charge is 0.234 e. The van der Waals surface area contributed by atoms with Gasteiger partial charge in [-0.25, -0.2) is 0 Å². The Morgan fingerprint density at radius 3 is 2.70 bits per heavy atom. The van der Waals surface area contributed by atoms with Crippen LogP contribution in [0.5, 0.6) is 0 Å². The lowest BCUT2D eigenvalue weighted by Gasteiger charge is -2.11. The third kappa shape index (κ3) is 3.88. The lowest BCUT2D eigenvalue weighted by molar-refractivity contribution is -0.113. The van der Waals surface area contributed by atoms with Crippen molar-refractivity contribution in [2.24, 2.45) is 0 Å². The summed E-state index contributed by atoms with van der Waals surface area (Å²) < 4.78 is 2.16. The third-order valence-electron chi connectivity index (χ3n) is 4.73. The Bertz CT molecular complexity index is 966. The summed E-state index contributed by atoms with van der Waals surface area (Å²) in [6, 6.07) is 10.2. The van der Waals surface area contributed by atoms with Crippen molar-refractivity contribution in [3.8, 4) is 11.4 Å². The van der Waals surface area contributed by atoms with Gasteiger partial charge in [0.05, 0.1) is 5.75 Å². The van der Waals surface area contributed by atoms with Gasteiger partial charge in [-0.2, -0.15) is 0 Å². The van der Waals surface area contributed by atoms with Crippen LogP contribution in [-0.4, -0.2) is 31.4 Å². The molecule has 2 aromatic heterocycles. The molecular formula is C20H21N5OS. The van der Waals surface area contributed by atoms with Gasteiger partial charge in [0.25, 0.3) is 0 Å². The molecule has 4 rings (SSSR count). The minimum Gasteiger partial charge on any atom is -0.325 e. The van der Waals surface area contributed by atoms with Crippen molar-refractivity contribution in [1.29, 1.82) is 0 Å². The number of carbonyl (C=O) groups is 1. The van der Waals surface area contributed by atoms with E-state index in [9.17, 15) is 4.79 Å². The highest BCUT2D eigenvalue weighted by Crippen LogP contribution is 2.40. The molecule has 1 fully saturated rings. The molecule has 1 saturated carbocycles. The van der Waals surface area contributed by atoms with Gasteiger partial charge >= 0.3 is 0 Å². The quantitative estimate of drug-likeness (QED) is 0.655. The number of aromatic nitrogens is 4. The lowest BCUT2D eigenvalue weighted by atomic mass is 10.1. The number of hydrogen-bond donors (Lipinski definition) is 1. The van der Waals surface area contributed by atoms with Crippen LogP contribution in [0.15, 0.2) is 47.9 Å². The van der Waals surface area contributed by atoms with Crippen LogP contribution in [0.3, 0.4) is 0 Å². The average Bonchev–Trinajstić information content (AvgIpc) is 3.43. The predicted molar refractivity (Wildman–Crippen MR) is 107 cm³/mol. The normalized spacial score (nSPS) is 13.6. The fraction of sp³-hybridized carbons (Fsp3) is 0.300. The van der Waals surface area contributed by atoms with E-state index in [1.807, 2.05) is 44.2 Å². The van der Waals surface area contributed by atoms with Crippen LogP contribution in [0.4, 0.5) is 5.69 Å². The SMILES string of the molecule is Cc1cccc(NC(=O)CSc2nnc(-c3ccncc3)n2C2CC2)c1C. The van der Waals surface area contributed by atoms with E-state index in [-0.39, 0.29) is 5.91 Å². The first-order valence-corrected chi connectivity index (χ1v) is 9.96. The van der Waals surface area contributed by atoms with Gasteiger partial charge in [-0.05, 0) is 56.0 Å². The summed E-state index contributed by atoms with van der Waals surface area (Å²) in [5.74, 6) is 1.11. The van der Waals surface area contributed by atoms with Crippen molar-refractivity contribution in [2.45, 2.75) is 37.9 Å². The highest BCUT2D eigenvalue weighted by Gasteiger charge is 2.30. The molecule has 0 unspecified atom stereocenters. The number of hydrogen-bond acceptors (Lipinski definition) is 5. The standard InChI is InChI=1S/C20H21N5OS/c1-13-4-3-5-17(14(13)2)22-18(26)12-27-20-24-23-19(25(20)16-6-7-16)15-8-10-21-11-9-15/h3-5,8-11,16H,6-7,12H2,1-2H3,(H,22,26). The Morgan fingerprint density at radius 2 is 1.96 bits per heavy atom. The molecule has 0 bridgehead atoms. The number of rotatable bonds is 6. The van der Waals surface area contributed by atoms with Gasteiger partial charge in [0.15, 0.2) is 11.0 Å². The summed E-state index contributed by atoms with van der Waals surface area (Å²) in [4.78, 5) is 16.5. The van der Waals surface area contributed by atoms with Crippen molar-refractivity contribution >= 4 is 23.4 Å². The molecule has 1 amide bonds. The van der Waals surface area contributed by atoms with E-state index in [2.05, 4.69) is 25.1 Å². The van der Waals surface area contributed by atoms with Crippen molar-refractivity contribution < 1.29 is 4.79 Å². The van der Waals surface area contributed by atoms with Crippen LogP contribution in [-0.2, 0) is 4.79 Å². The second-order valence-electron chi connectivity index (χ2n) is 6.73. The number of amides is 1. The van der Waals surface area contributed by atoms with Gasteiger partial charge < -0.3 is 5.32 Å². The van der Waals surface area contributed by atoms with Gasteiger partial charge in [-0.15, -0.1) is 10.2 Å². The third-order valence-corrected chi connectivity index (χ3v) is 5.67. The first-order chi connectivity index (χ1) is 13.1. The number of thioether (sulfide) groups is 1. The number of carbonyl (C=O) groups excluding carboxylic acids is 1. The maximum absolute atomic E-state index is 12.4. The van der Waals surface area contributed by atoms with Crippen molar-refractivity contribution in [3.63, 3.8) is 0 Å². The highest BCUT2D eigenvalue weighted by atomic mass is 32.2. The first-order valence-electron chi connectivity index (χ1n) is 8.97. The summed E-state index contributed by atoms with van der Waals surface area (Å²) in [6.07, 6.45) is 5.76. The Morgan fingerprint density at radius 1 is 1.19 bits per heavy atom. The molecule has 1 aromatic carbocycles. The highest BCUT2D eigenvalue weighted by molar-refractivity contribution is 7.99. The maximum atomic E-state index is 12.4. The zero-order chi connectivity index (χ0) is 18.8. The summed E-state index contributed by atoms with van der Waals surface area (Å²) in [6.45, 7) is 4.06. The van der Waals surface area contributed by atoms with E-state index in [1.165, 1.54) is 11.8 Å². The van der Waals surface area contributed by atoms with Crippen LogP contribution in [0.2, 0.25) is 0 Å². The fourth-order valence-electron chi connectivity index (χ4n) is 2.94. The molecule has 2 heterocycles. The average molecular weight is 379 g/mol. The molecule has 7 heteroatoms. The van der Waals surface area contributed by atoms with E-state index in [0.29, 0.717) is 11.8 Å². The molecule has 6 nitrogen and oxygen atoms in total. The summed E-state index contributed by atoms with van der Waals surface area (Å²) in [5, 5.41) is 12.5. The van der Waals surface area contributed by atoms with Gasteiger partial charge in [0, 0.05) is 29.7 Å². The molecular weight excluding hydrogens is 358 g/mol. The number of nitrogens with zero attached hydrogens (tertiary/aromatic N) is 4. The van der Waals surface area contributed by atoms with Crippen molar-refractivity contribution in [3.05, 3.63) is 53.9 Å². The molecule has 0 radical (unpaired) electrons. The van der Waals surface area contributed by atoms with Crippen LogP contribution >= 0.6 is 11.8 Å². The van der Waals surface area contributed by atoms with Gasteiger partial charge in [-0.3, -0.25) is 14.3 Å². The molecule has 0 aliphatic heterocycles. The predicted octanol–water partition coefficient (Wildman–Crippen LogP) is 4.02. The van der Waals surface area contributed by atoms with Crippen LogP contribution in [0.1, 0.15) is 30.0 Å². The molecule has 0 atom stereocenters. The van der Waals surface area contributed by atoms with E-state index in [0.717, 1.165) is 46.2 Å². The van der Waals surface area contributed by atoms with Gasteiger partial charge in [-0.1, -0.05) is 23.9 Å². The number of benzene rings is 1. The molecule has 1 N–H and O–H groups in total. The molecule has 1 aliphatic rings. The molecule has 27 heavy (non-hydrogen) atoms. The summed E-state index contributed by atoms with van der Waals surface area (Å²) >= 11 is 1.43. The second-order valence-corrected chi connectivity index (χ2v) is 7.67. The largest absolute Gasteiger partial charge is 0.325 e. The van der Waals surface area contributed by atoms with Crippen molar-refractivity contribution in [1.82, 2.24) is 19.7 Å². The Kier molecular flexibility index (Phi) is 4.94. The minimum absolute atomic E-state index is 0.0375. The maximum Gasteiger partial charge on any atom is 0.234 e. The van der Waals surface area contributed by atoms with Crippen LogP contribution < -0.4 is 5.32 Å². The van der Waals surface area contributed by atoms with E-state index < -0.39 is 0 Å². The van der Waals surface area contributed by atoms with Crippen LogP contribution in [0.25, 0.3) is 11.4 Å². The van der Waals surface area contributed by atoms with E-state index >= 15 is 0 Å². The number of aryl methyl sites for hydroxylation is 1. The zero-order valence-corrected chi connectivity index (χ0v) is 16.2. The number of pyridine rings is 1. The monoisotopic (exact) mass is 379 g/mol. The molecule has 1 aliphatic carbocycles. The topological polar surface area (TPSA) is 72.7 Å². The Balaban J connectivity index is 1.48. The van der Waals surface area contributed by atoms with Crippen molar-refractivity contribution in [2.75, 3.05) is 11.1 Å². The Labute approximate surface area is 162 Å². The fourth-order valence-corrected chi connectivity index (χ4v) is 3.74. The van der Waals surface area contributed by atoms with Gasteiger partial charge in [0.2, 0.25) is 5.91 Å². The van der Waals surface area contributed by atoms with Gasteiger partial charge in [0.1, 0.15) is 0 Å². The first kappa shape index (κ1) is 17.7. The molecule has 138 valence electrons. The summed E-state index contributed by atoms with van der Waals surface area (Å²) in [5.41, 5.74) is 4.12. The molecule has 0 saturated heterocycles. The zero-order valence-electron chi connectivity index (χ0n) is 15.3. The molecule has 3 aromatic rings. The second kappa shape index (κ2) is 7.52. The van der Waals surface area contributed by atoms with Crippen LogP contribution in [0, 0.1) is 13.8 Å².